The first kappa shape index (κ1) is 21.0. The van der Waals surface area contributed by atoms with Crippen molar-refractivity contribution < 1.29 is 23.8 Å². The van der Waals surface area contributed by atoms with E-state index in [9.17, 15) is 9.59 Å². The summed E-state index contributed by atoms with van der Waals surface area (Å²) in [5, 5.41) is 0. The number of hydrogen-bond acceptors (Lipinski definition) is 6. The van der Waals surface area contributed by atoms with Crippen LogP contribution < -0.4 is 25.1 Å². The molecule has 0 bridgehead atoms. The lowest BCUT2D eigenvalue weighted by molar-refractivity contribution is -0.121. The Bertz CT molecular complexity index is 909. The number of amides is 2. The third kappa shape index (κ3) is 4.64. The van der Waals surface area contributed by atoms with Crippen LogP contribution in [-0.2, 0) is 24.1 Å². The summed E-state index contributed by atoms with van der Waals surface area (Å²) in [6.07, 6.45) is 3.19. The molecular weight excluding hydrogens is 392 g/mol. The zero-order valence-corrected chi connectivity index (χ0v) is 17.9. The van der Waals surface area contributed by atoms with Crippen molar-refractivity contribution in [1.29, 1.82) is 0 Å². The van der Waals surface area contributed by atoms with Gasteiger partial charge in [0.05, 0.1) is 32.6 Å². The van der Waals surface area contributed by atoms with Crippen molar-refractivity contribution in [2.75, 3.05) is 21.3 Å². The van der Waals surface area contributed by atoms with Gasteiger partial charge in [-0.2, -0.15) is 0 Å². The van der Waals surface area contributed by atoms with Gasteiger partial charge >= 0.3 is 0 Å². The van der Waals surface area contributed by atoms with Crippen LogP contribution in [0.25, 0.3) is 0 Å². The Balaban J connectivity index is 1.62. The van der Waals surface area contributed by atoms with E-state index in [-0.39, 0.29) is 18.2 Å². The highest BCUT2D eigenvalue weighted by Crippen LogP contribution is 2.39. The second-order valence-corrected chi connectivity index (χ2v) is 8.22. The fourth-order valence-electron chi connectivity index (χ4n) is 3.53. The van der Waals surface area contributed by atoms with E-state index in [2.05, 4.69) is 17.8 Å². The molecule has 1 aliphatic rings. The van der Waals surface area contributed by atoms with Gasteiger partial charge in [0.2, 0.25) is 11.7 Å². The van der Waals surface area contributed by atoms with Gasteiger partial charge in [-0.15, -0.1) is 11.3 Å². The third-order valence-electron chi connectivity index (χ3n) is 5.01. The molecule has 156 valence electrons. The number of ether oxygens (including phenoxy) is 3. The molecule has 2 aromatic rings. The van der Waals surface area contributed by atoms with Crippen LogP contribution in [0, 0.1) is 5.92 Å². The molecule has 2 N–H and O–H groups in total. The predicted molar refractivity (Wildman–Crippen MR) is 111 cm³/mol. The number of aryl methyl sites for hydroxylation is 1. The first-order chi connectivity index (χ1) is 14.0. The lowest BCUT2D eigenvalue weighted by Gasteiger charge is -2.16. The van der Waals surface area contributed by atoms with Crippen molar-refractivity contribution in [2.24, 2.45) is 5.92 Å². The Hall–Kier alpha value is -2.74. The Morgan fingerprint density at radius 1 is 1.10 bits per heavy atom. The van der Waals surface area contributed by atoms with Crippen LogP contribution >= 0.6 is 11.3 Å². The number of carbonyl (C=O) groups excluding carboxylic acids is 2. The predicted octanol–water partition coefficient (Wildman–Crippen LogP) is 2.90. The van der Waals surface area contributed by atoms with Crippen LogP contribution in [-0.4, -0.2) is 33.1 Å². The first-order valence-electron chi connectivity index (χ1n) is 9.45. The highest BCUT2D eigenvalue weighted by atomic mass is 32.1. The molecule has 1 aromatic carbocycles. The highest BCUT2D eigenvalue weighted by Gasteiger charge is 2.21. The molecule has 29 heavy (non-hydrogen) atoms. The molecule has 1 aromatic heterocycles. The Kier molecular flexibility index (Phi) is 6.64. The molecule has 0 saturated heterocycles. The number of carbonyl (C=O) groups is 2. The quantitative estimate of drug-likeness (QED) is 0.705. The van der Waals surface area contributed by atoms with E-state index in [1.54, 1.807) is 12.1 Å². The van der Waals surface area contributed by atoms with Crippen molar-refractivity contribution in [3.05, 3.63) is 39.1 Å². The van der Waals surface area contributed by atoms with Gasteiger partial charge < -0.3 is 14.2 Å². The van der Waals surface area contributed by atoms with Crippen molar-refractivity contribution >= 4 is 23.2 Å². The summed E-state index contributed by atoms with van der Waals surface area (Å²) in [6.45, 7) is 2.23. The summed E-state index contributed by atoms with van der Waals surface area (Å²) in [7, 11) is 4.54. The molecular formula is C21H26N2O5S. The lowest BCUT2D eigenvalue weighted by Crippen LogP contribution is -2.42. The smallest absolute Gasteiger partial charge is 0.279 e. The minimum absolute atomic E-state index is 0.0161. The van der Waals surface area contributed by atoms with Gasteiger partial charge in [0.1, 0.15) is 0 Å². The van der Waals surface area contributed by atoms with E-state index in [1.807, 2.05) is 6.07 Å². The van der Waals surface area contributed by atoms with Crippen molar-refractivity contribution in [3.63, 3.8) is 0 Å². The molecule has 7 nitrogen and oxygen atoms in total. The molecule has 0 fully saturated rings. The van der Waals surface area contributed by atoms with Crippen molar-refractivity contribution in [2.45, 2.75) is 32.6 Å². The van der Waals surface area contributed by atoms with E-state index < -0.39 is 0 Å². The van der Waals surface area contributed by atoms with Gasteiger partial charge in [0, 0.05) is 10.4 Å². The minimum Gasteiger partial charge on any atom is -0.493 e. The van der Waals surface area contributed by atoms with Crippen molar-refractivity contribution in [3.8, 4) is 17.2 Å². The number of hydrogen-bond donors (Lipinski definition) is 2. The maximum atomic E-state index is 12.4. The summed E-state index contributed by atoms with van der Waals surface area (Å²) in [5.41, 5.74) is 6.85. The fourth-order valence-corrected chi connectivity index (χ4v) is 4.63. The number of rotatable bonds is 6. The summed E-state index contributed by atoms with van der Waals surface area (Å²) in [6, 6.07) is 5.38. The van der Waals surface area contributed by atoms with Crippen LogP contribution in [0.1, 0.15) is 39.0 Å². The average molecular weight is 419 g/mol. The van der Waals surface area contributed by atoms with Gasteiger partial charge in [-0.25, -0.2) is 0 Å². The molecule has 8 heteroatoms. The molecule has 0 saturated carbocycles. The van der Waals surface area contributed by atoms with Gasteiger partial charge in [-0.05, 0) is 42.9 Å². The number of nitrogens with one attached hydrogen (secondary N) is 2. The molecule has 0 spiro atoms. The normalized spacial score (nSPS) is 15.2. The molecule has 1 aliphatic carbocycles. The summed E-state index contributed by atoms with van der Waals surface area (Å²) in [4.78, 5) is 26.7. The molecule has 0 unspecified atom stereocenters. The second kappa shape index (κ2) is 9.17. The van der Waals surface area contributed by atoms with E-state index in [0.29, 0.717) is 33.6 Å². The summed E-state index contributed by atoms with van der Waals surface area (Å²) < 4.78 is 16.0. The van der Waals surface area contributed by atoms with E-state index in [0.717, 1.165) is 19.3 Å². The van der Waals surface area contributed by atoms with Crippen LogP contribution in [0.3, 0.4) is 0 Å². The molecule has 3 rings (SSSR count). The standard InChI is InChI=1S/C21H26N2O5S/c1-12-5-8-16-14(9-12)10-17(29-16)21(25)23-22-18(24)11-13-6-7-15(26-2)20(28-4)19(13)27-3/h6-7,10,12H,5,8-9,11H2,1-4H3,(H,22,24)(H,23,25)/t12-/m1/s1. The van der Waals surface area contributed by atoms with Crippen LogP contribution in [0.2, 0.25) is 0 Å². The maximum absolute atomic E-state index is 12.4. The Labute approximate surface area is 174 Å². The molecule has 0 aliphatic heterocycles. The second-order valence-electron chi connectivity index (χ2n) is 7.08. The highest BCUT2D eigenvalue weighted by molar-refractivity contribution is 7.14. The largest absolute Gasteiger partial charge is 0.493 e. The fraction of sp³-hybridized carbons (Fsp3) is 0.429. The number of fused-ring (bicyclic) bond motifs is 1. The van der Waals surface area contributed by atoms with E-state index in [1.165, 1.54) is 43.1 Å². The van der Waals surface area contributed by atoms with Gasteiger partial charge in [-0.3, -0.25) is 20.4 Å². The zero-order chi connectivity index (χ0) is 21.0. The monoisotopic (exact) mass is 418 g/mol. The average Bonchev–Trinajstić information content (AvgIpc) is 3.14. The van der Waals surface area contributed by atoms with Crippen molar-refractivity contribution in [1.82, 2.24) is 10.9 Å². The number of methoxy groups -OCH3 is 3. The summed E-state index contributed by atoms with van der Waals surface area (Å²) >= 11 is 1.50. The Morgan fingerprint density at radius 2 is 1.86 bits per heavy atom. The first-order valence-corrected chi connectivity index (χ1v) is 10.3. The van der Waals surface area contributed by atoms with Gasteiger partial charge in [0.25, 0.3) is 5.91 Å². The van der Waals surface area contributed by atoms with Crippen LogP contribution in [0.4, 0.5) is 0 Å². The van der Waals surface area contributed by atoms with Gasteiger partial charge in [0.15, 0.2) is 11.5 Å². The van der Waals surface area contributed by atoms with E-state index in [4.69, 9.17) is 14.2 Å². The van der Waals surface area contributed by atoms with Crippen LogP contribution in [0.15, 0.2) is 18.2 Å². The minimum atomic E-state index is -0.362. The SMILES string of the molecule is COc1ccc(CC(=O)NNC(=O)c2cc3c(s2)CC[C@@H](C)C3)c(OC)c1OC. The number of thiophene rings is 1. The number of hydrazine groups is 1. The Morgan fingerprint density at radius 3 is 2.55 bits per heavy atom. The molecule has 1 atom stereocenters. The molecule has 0 radical (unpaired) electrons. The molecule has 1 heterocycles. The topological polar surface area (TPSA) is 85.9 Å². The maximum Gasteiger partial charge on any atom is 0.279 e. The van der Waals surface area contributed by atoms with E-state index >= 15 is 0 Å². The number of benzene rings is 1. The lowest BCUT2D eigenvalue weighted by atomic mass is 9.90. The zero-order valence-electron chi connectivity index (χ0n) is 17.1. The van der Waals surface area contributed by atoms with Crippen LogP contribution in [0.5, 0.6) is 17.2 Å². The van der Waals surface area contributed by atoms with Gasteiger partial charge in [-0.1, -0.05) is 13.0 Å². The summed E-state index contributed by atoms with van der Waals surface area (Å²) in [5.74, 6) is 1.33. The molecule has 2 amide bonds. The third-order valence-corrected chi connectivity index (χ3v) is 6.24.